The number of carbonyl (C=O) groups excluding carboxylic acids is 1. The van der Waals surface area contributed by atoms with Gasteiger partial charge in [0.1, 0.15) is 0 Å². The number of aromatic nitrogens is 1. The highest BCUT2D eigenvalue weighted by Gasteiger charge is 2.20. The smallest absolute Gasteiger partial charge is 0.248 e. The van der Waals surface area contributed by atoms with Gasteiger partial charge in [-0.15, -0.1) is 0 Å². The lowest BCUT2D eigenvalue weighted by atomic mass is 9.95. The van der Waals surface area contributed by atoms with Gasteiger partial charge in [0.05, 0.1) is 0 Å². The fraction of sp³-hybridized carbons (Fsp3) is 0.471. The third-order valence-corrected chi connectivity index (χ3v) is 4.40. The van der Waals surface area contributed by atoms with Crippen LogP contribution in [-0.4, -0.2) is 10.5 Å². The molecule has 1 aromatic heterocycles. The molecule has 1 aromatic carbocycles. The minimum absolute atomic E-state index is 0.335. The molecule has 0 saturated heterocycles. The van der Waals surface area contributed by atoms with Crippen LogP contribution in [0.4, 0.5) is 0 Å². The molecular weight excluding hydrogens is 248 g/mol. The van der Waals surface area contributed by atoms with E-state index in [1.807, 2.05) is 12.1 Å². The first-order chi connectivity index (χ1) is 9.72. The molecule has 3 heteroatoms. The van der Waals surface area contributed by atoms with Crippen molar-refractivity contribution in [1.82, 2.24) is 4.57 Å². The molecule has 0 aliphatic heterocycles. The molecule has 1 heterocycles. The van der Waals surface area contributed by atoms with Crippen LogP contribution in [0.15, 0.2) is 18.2 Å². The number of primary amides is 1. The summed E-state index contributed by atoms with van der Waals surface area (Å²) in [5, 5.41) is 1.24. The van der Waals surface area contributed by atoms with Crippen LogP contribution < -0.4 is 5.73 Å². The van der Waals surface area contributed by atoms with Crippen molar-refractivity contribution in [2.45, 2.75) is 52.0 Å². The molecule has 2 N–H and O–H groups in total. The van der Waals surface area contributed by atoms with Gasteiger partial charge in [0.15, 0.2) is 0 Å². The zero-order chi connectivity index (χ0) is 14.1. The van der Waals surface area contributed by atoms with Crippen LogP contribution >= 0.6 is 0 Å². The van der Waals surface area contributed by atoms with E-state index in [-0.39, 0.29) is 5.91 Å². The lowest BCUT2D eigenvalue weighted by Gasteiger charge is -2.15. The Morgan fingerprint density at radius 1 is 1.30 bits per heavy atom. The topological polar surface area (TPSA) is 48.0 Å². The van der Waals surface area contributed by atoms with Crippen molar-refractivity contribution >= 4 is 16.8 Å². The highest BCUT2D eigenvalue weighted by Crippen LogP contribution is 2.33. The van der Waals surface area contributed by atoms with Gasteiger partial charge in [-0.3, -0.25) is 4.79 Å². The molecule has 0 saturated carbocycles. The molecule has 0 fully saturated rings. The minimum atomic E-state index is -0.335. The summed E-state index contributed by atoms with van der Waals surface area (Å²) in [5.74, 6) is -0.335. The van der Waals surface area contributed by atoms with E-state index in [4.69, 9.17) is 5.73 Å². The number of nitrogens with zero attached hydrogens (tertiary/aromatic N) is 1. The molecule has 3 rings (SSSR count). The molecule has 20 heavy (non-hydrogen) atoms. The fourth-order valence-electron chi connectivity index (χ4n) is 3.36. The number of rotatable bonds is 4. The molecule has 1 aliphatic carbocycles. The average Bonchev–Trinajstić information content (AvgIpc) is 2.78. The van der Waals surface area contributed by atoms with E-state index in [0.717, 1.165) is 13.0 Å². The molecule has 0 atom stereocenters. The second kappa shape index (κ2) is 5.31. The van der Waals surface area contributed by atoms with E-state index in [0.29, 0.717) is 5.56 Å². The summed E-state index contributed by atoms with van der Waals surface area (Å²) in [4.78, 5) is 11.4. The van der Waals surface area contributed by atoms with Gasteiger partial charge >= 0.3 is 0 Å². The summed E-state index contributed by atoms with van der Waals surface area (Å²) in [6, 6.07) is 5.92. The third-order valence-electron chi connectivity index (χ3n) is 4.40. The first-order valence-electron chi connectivity index (χ1n) is 7.66. The lowest BCUT2D eigenvalue weighted by Crippen LogP contribution is -2.10. The third kappa shape index (κ3) is 2.11. The average molecular weight is 270 g/mol. The van der Waals surface area contributed by atoms with Gasteiger partial charge in [-0.2, -0.15) is 0 Å². The summed E-state index contributed by atoms with van der Waals surface area (Å²) >= 11 is 0. The Morgan fingerprint density at radius 3 is 2.85 bits per heavy atom. The predicted octanol–water partition coefficient (Wildman–Crippen LogP) is 3.42. The number of amides is 1. The van der Waals surface area contributed by atoms with E-state index < -0.39 is 0 Å². The Hall–Kier alpha value is -1.77. The summed E-state index contributed by atoms with van der Waals surface area (Å²) in [6.07, 6.45) is 7.23. The maximum absolute atomic E-state index is 11.4. The van der Waals surface area contributed by atoms with Crippen LogP contribution in [0.25, 0.3) is 10.9 Å². The lowest BCUT2D eigenvalue weighted by molar-refractivity contribution is 0.100. The Balaban J connectivity index is 2.19. The van der Waals surface area contributed by atoms with Crippen molar-refractivity contribution in [1.29, 1.82) is 0 Å². The van der Waals surface area contributed by atoms with Gasteiger partial charge in [-0.25, -0.2) is 0 Å². The largest absolute Gasteiger partial charge is 0.366 e. The van der Waals surface area contributed by atoms with E-state index in [9.17, 15) is 4.79 Å². The zero-order valence-electron chi connectivity index (χ0n) is 12.1. The normalized spacial score (nSPS) is 14.4. The molecule has 2 aromatic rings. The monoisotopic (exact) mass is 270 g/mol. The van der Waals surface area contributed by atoms with Crippen molar-refractivity contribution in [2.75, 3.05) is 0 Å². The van der Waals surface area contributed by atoms with Crippen LogP contribution in [0, 0.1) is 0 Å². The van der Waals surface area contributed by atoms with Gasteiger partial charge in [0.2, 0.25) is 5.91 Å². The molecular formula is C17H22N2O. The van der Waals surface area contributed by atoms with E-state index in [1.54, 1.807) is 0 Å². The minimum Gasteiger partial charge on any atom is -0.366 e. The van der Waals surface area contributed by atoms with Crippen LogP contribution in [0.5, 0.6) is 0 Å². The maximum Gasteiger partial charge on any atom is 0.248 e. The predicted molar refractivity (Wildman–Crippen MR) is 82.0 cm³/mol. The second-order valence-corrected chi connectivity index (χ2v) is 5.73. The molecule has 106 valence electrons. The second-order valence-electron chi connectivity index (χ2n) is 5.73. The van der Waals surface area contributed by atoms with Crippen LogP contribution in [0.1, 0.15) is 54.2 Å². The standard InChI is InChI=1S/C17H22N2O/c1-2-3-10-19-15-7-5-4-6-13(15)14-11-12(17(18)20)8-9-16(14)19/h8-9,11H,2-7,10H2,1H3,(H2,18,20). The molecule has 3 nitrogen and oxygen atoms in total. The van der Waals surface area contributed by atoms with Crippen molar-refractivity contribution in [3.05, 3.63) is 35.0 Å². The van der Waals surface area contributed by atoms with Crippen molar-refractivity contribution in [3.63, 3.8) is 0 Å². The van der Waals surface area contributed by atoms with E-state index in [1.165, 1.54) is 54.3 Å². The Bertz CT molecular complexity index is 655. The summed E-state index contributed by atoms with van der Waals surface area (Å²) in [5.41, 5.74) is 10.3. The number of aryl methyl sites for hydroxylation is 2. The van der Waals surface area contributed by atoms with Gasteiger partial charge < -0.3 is 10.3 Å². The number of hydrogen-bond acceptors (Lipinski definition) is 1. The molecule has 0 bridgehead atoms. The number of unbranched alkanes of at least 4 members (excludes halogenated alkanes) is 1. The fourth-order valence-corrected chi connectivity index (χ4v) is 3.36. The van der Waals surface area contributed by atoms with Crippen LogP contribution in [-0.2, 0) is 19.4 Å². The first kappa shape index (κ1) is 13.2. The maximum atomic E-state index is 11.4. The zero-order valence-corrected chi connectivity index (χ0v) is 12.1. The number of nitrogens with two attached hydrogens (primary N) is 1. The van der Waals surface area contributed by atoms with Crippen molar-refractivity contribution in [2.24, 2.45) is 5.73 Å². The highest BCUT2D eigenvalue weighted by atomic mass is 16.1. The summed E-state index contributed by atoms with van der Waals surface area (Å²) in [6.45, 7) is 3.31. The number of carbonyl (C=O) groups is 1. The number of fused-ring (bicyclic) bond motifs is 3. The van der Waals surface area contributed by atoms with E-state index in [2.05, 4.69) is 17.6 Å². The SMILES string of the molecule is CCCCn1c2c(c3cc(C(N)=O)ccc31)CCCC2. The Morgan fingerprint density at radius 2 is 2.10 bits per heavy atom. The molecule has 1 amide bonds. The summed E-state index contributed by atoms with van der Waals surface area (Å²) in [7, 11) is 0. The molecule has 0 spiro atoms. The molecule has 0 radical (unpaired) electrons. The number of benzene rings is 1. The Kier molecular flexibility index (Phi) is 3.51. The van der Waals surface area contributed by atoms with Gasteiger partial charge in [0, 0.05) is 28.7 Å². The van der Waals surface area contributed by atoms with Gasteiger partial charge in [-0.05, 0) is 55.9 Å². The molecule has 1 aliphatic rings. The quantitative estimate of drug-likeness (QED) is 0.909. The van der Waals surface area contributed by atoms with Crippen molar-refractivity contribution < 1.29 is 4.79 Å². The summed E-state index contributed by atoms with van der Waals surface area (Å²) < 4.78 is 2.47. The van der Waals surface area contributed by atoms with Crippen LogP contribution in [0.3, 0.4) is 0 Å². The van der Waals surface area contributed by atoms with Crippen LogP contribution in [0.2, 0.25) is 0 Å². The Labute approximate surface area is 119 Å². The highest BCUT2D eigenvalue weighted by molar-refractivity contribution is 5.98. The van der Waals surface area contributed by atoms with Gasteiger partial charge in [-0.1, -0.05) is 13.3 Å². The van der Waals surface area contributed by atoms with Gasteiger partial charge in [0.25, 0.3) is 0 Å². The van der Waals surface area contributed by atoms with E-state index >= 15 is 0 Å². The molecule has 0 unspecified atom stereocenters. The van der Waals surface area contributed by atoms with Crippen molar-refractivity contribution in [3.8, 4) is 0 Å². The first-order valence-corrected chi connectivity index (χ1v) is 7.66. The number of hydrogen-bond donors (Lipinski definition) is 1.